The van der Waals surface area contributed by atoms with Gasteiger partial charge in [-0.2, -0.15) is 0 Å². The summed E-state index contributed by atoms with van der Waals surface area (Å²) in [5, 5.41) is 3.85. The van der Waals surface area contributed by atoms with Crippen LogP contribution in [0.5, 0.6) is 11.5 Å². The van der Waals surface area contributed by atoms with Crippen molar-refractivity contribution in [2.45, 2.75) is 51.2 Å². The summed E-state index contributed by atoms with van der Waals surface area (Å²) in [4.78, 5) is 7.06. The summed E-state index contributed by atoms with van der Waals surface area (Å²) >= 11 is 0. The largest absolute Gasteiger partial charge is 0.493 e. The minimum Gasteiger partial charge on any atom is -0.493 e. The molecule has 0 bridgehead atoms. The Bertz CT molecular complexity index is 747. The van der Waals surface area contributed by atoms with Crippen LogP contribution in [0.3, 0.4) is 0 Å². The molecule has 1 heterocycles. The quantitative estimate of drug-likeness (QED) is 0.562. The third kappa shape index (κ3) is 3.56. The zero-order chi connectivity index (χ0) is 20.4. The zero-order valence-electron chi connectivity index (χ0n) is 18.2. The predicted octanol–water partition coefficient (Wildman–Crippen LogP) is 3.10. The fourth-order valence-electron chi connectivity index (χ4n) is 5.46. The lowest BCUT2D eigenvalue weighted by Gasteiger charge is -2.63. The average Bonchev–Trinajstić information content (AvgIpc) is 3.12. The Morgan fingerprint density at radius 2 is 2.07 bits per heavy atom. The first-order chi connectivity index (χ1) is 14.1. The van der Waals surface area contributed by atoms with E-state index in [1.807, 2.05) is 6.07 Å². The molecule has 1 N–H and O–H groups in total. The van der Waals surface area contributed by atoms with Gasteiger partial charge in [0.2, 0.25) is 0 Å². The van der Waals surface area contributed by atoms with Crippen LogP contribution in [0.1, 0.15) is 38.2 Å². The van der Waals surface area contributed by atoms with Crippen LogP contribution in [0.25, 0.3) is 0 Å². The van der Waals surface area contributed by atoms with Gasteiger partial charge in [0.05, 0.1) is 20.3 Å². The number of hydrogen-bond donors (Lipinski definition) is 1. The molecule has 0 amide bonds. The Morgan fingerprint density at radius 3 is 2.72 bits per heavy atom. The molecule has 3 unspecified atom stereocenters. The number of nitrogens with one attached hydrogen (secondary N) is 1. The highest BCUT2D eigenvalue weighted by molar-refractivity contribution is 5.80. The molecule has 1 spiro atoms. The maximum atomic E-state index is 6.07. The molecular weight excluding hydrogens is 366 g/mol. The number of aliphatic imine (C=N–C) groups is 1. The second-order valence-corrected chi connectivity index (χ2v) is 8.61. The highest BCUT2D eigenvalue weighted by Gasteiger charge is 2.66. The molecule has 160 valence electrons. The van der Waals surface area contributed by atoms with E-state index in [1.54, 1.807) is 14.2 Å². The van der Waals surface area contributed by atoms with E-state index < -0.39 is 0 Å². The van der Waals surface area contributed by atoms with Gasteiger partial charge in [-0.15, -0.1) is 0 Å². The van der Waals surface area contributed by atoms with Gasteiger partial charge in [0.1, 0.15) is 0 Å². The van der Waals surface area contributed by atoms with E-state index in [0.717, 1.165) is 43.6 Å². The number of likely N-dealkylation sites (N-methyl/N-ethyl adjacent to an activating group) is 1. The predicted molar refractivity (Wildman–Crippen MR) is 115 cm³/mol. The molecule has 3 atom stereocenters. The van der Waals surface area contributed by atoms with Gasteiger partial charge in [-0.3, -0.25) is 4.99 Å². The molecule has 29 heavy (non-hydrogen) atoms. The minimum atomic E-state index is 0.361. The zero-order valence-corrected chi connectivity index (χ0v) is 18.2. The smallest absolute Gasteiger partial charge is 0.193 e. The van der Waals surface area contributed by atoms with Gasteiger partial charge in [0.25, 0.3) is 0 Å². The molecule has 1 aliphatic heterocycles. The lowest BCUT2D eigenvalue weighted by molar-refractivity contribution is -0.171. The summed E-state index contributed by atoms with van der Waals surface area (Å²) in [5.41, 5.74) is 1.59. The lowest BCUT2D eigenvalue weighted by atomic mass is 9.46. The van der Waals surface area contributed by atoms with E-state index in [4.69, 9.17) is 19.2 Å². The van der Waals surface area contributed by atoms with E-state index >= 15 is 0 Å². The van der Waals surface area contributed by atoms with E-state index in [-0.39, 0.29) is 0 Å². The fourth-order valence-corrected chi connectivity index (χ4v) is 5.46. The van der Waals surface area contributed by atoms with Crippen LogP contribution in [0.2, 0.25) is 0 Å². The first-order valence-electron chi connectivity index (χ1n) is 11.0. The van der Waals surface area contributed by atoms with Crippen molar-refractivity contribution in [3.63, 3.8) is 0 Å². The van der Waals surface area contributed by atoms with Crippen molar-refractivity contribution in [3.05, 3.63) is 23.8 Å². The van der Waals surface area contributed by atoms with Crippen LogP contribution in [0, 0.1) is 11.3 Å². The van der Waals surface area contributed by atoms with Crippen LogP contribution in [-0.2, 0) is 11.2 Å². The molecular formula is C23H35N3O3. The number of methoxy groups -OCH3 is 2. The maximum Gasteiger partial charge on any atom is 0.193 e. The number of guanidine groups is 1. The fraction of sp³-hybridized carbons (Fsp3) is 0.696. The lowest BCUT2D eigenvalue weighted by Crippen LogP contribution is -2.72. The standard InChI is InChI=1S/C23H35N3O3/c1-5-24-22(25-20-17-10-14-29-21(17)23(20)11-6-12-23)26(2)13-9-16-7-8-18(27-3)19(15-16)28-4/h7-8,15,17,20-21H,5-6,9-14H2,1-4H3,(H,24,25). The van der Waals surface area contributed by atoms with Crippen LogP contribution in [0.15, 0.2) is 23.2 Å². The van der Waals surface area contributed by atoms with Gasteiger partial charge >= 0.3 is 0 Å². The molecule has 6 heteroatoms. The van der Waals surface area contributed by atoms with Crippen LogP contribution in [0.4, 0.5) is 0 Å². The molecule has 1 aromatic rings. The second kappa shape index (κ2) is 8.42. The summed E-state index contributed by atoms with van der Waals surface area (Å²) in [6, 6.07) is 6.65. The summed E-state index contributed by atoms with van der Waals surface area (Å²) in [6.45, 7) is 4.70. The Balaban J connectivity index is 1.39. The Kier molecular flexibility index (Phi) is 5.91. The first-order valence-corrected chi connectivity index (χ1v) is 11.0. The first kappa shape index (κ1) is 20.3. The summed E-state index contributed by atoms with van der Waals surface area (Å²) in [5.74, 6) is 3.22. The molecule has 2 saturated carbocycles. The maximum absolute atomic E-state index is 6.07. The summed E-state index contributed by atoms with van der Waals surface area (Å²) in [7, 11) is 5.48. The van der Waals surface area contributed by atoms with Gasteiger partial charge < -0.3 is 24.4 Å². The highest BCUT2D eigenvalue weighted by atomic mass is 16.5. The SMILES string of the molecule is CCN=C(NC1C2CCOC2C12CCC2)N(C)CCc1ccc(OC)c(OC)c1. The van der Waals surface area contributed by atoms with E-state index in [1.165, 1.54) is 31.2 Å². The number of fused-ring (bicyclic) bond motifs is 2. The van der Waals surface area contributed by atoms with Crippen molar-refractivity contribution in [3.8, 4) is 11.5 Å². The molecule has 0 aromatic heterocycles. The minimum absolute atomic E-state index is 0.361. The molecule has 2 aliphatic carbocycles. The van der Waals surface area contributed by atoms with Crippen molar-refractivity contribution < 1.29 is 14.2 Å². The summed E-state index contributed by atoms with van der Waals surface area (Å²) in [6.07, 6.45) is 6.50. The van der Waals surface area contributed by atoms with Crippen LogP contribution < -0.4 is 14.8 Å². The molecule has 1 aromatic carbocycles. The monoisotopic (exact) mass is 401 g/mol. The van der Waals surface area contributed by atoms with Crippen molar-refractivity contribution in [1.82, 2.24) is 10.2 Å². The Labute approximate surface area is 174 Å². The molecule has 0 radical (unpaired) electrons. The normalized spacial score (nSPS) is 27.0. The van der Waals surface area contributed by atoms with Gasteiger partial charge in [0.15, 0.2) is 17.5 Å². The number of nitrogens with zero attached hydrogens (tertiary/aromatic N) is 2. The Morgan fingerprint density at radius 1 is 1.28 bits per heavy atom. The van der Waals surface area contributed by atoms with Crippen molar-refractivity contribution >= 4 is 5.96 Å². The van der Waals surface area contributed by atoms with Crippen molar-refractivity contribution in [2.24, 2.45) is 16.3 Å². The number of rotatable bonds is 7. The number of benzene rings is 1. The Hall–Kier alpha value is -1.95. The molecule has 6 nitrogen and oxygen atoms in total. The van der Waals surface area contributed by atoms with Gasteiger partial charge in [0, 0.05) is 44.1 Å². The number of ether oxygens (including phenoxy) is 3. The number of hydrogen-bond acceptors (Lipinski definition) is 4. The van der Waals surface area contributed by atoms with E-state index in [0.29, 0.717) is 23.5 Å². The van der Waals surface area contributed by atoms with Gasteiger partial charge in [-0.05, 0) is 50.3 Å². The summed E-state index contributed by atoms with van der Waals surface area (Å²) < 4.78 is 16.9. The van der Waals surface area contributed by atoms with Gasteiger partial charge in [-0.25, -0.2) is 0 Å². The second-order valence-electron chi connectivity index (χ2n) is 8.61. The average molecular weight is 402 g/mol. The van der Waals surface area contributed by atoms with E-state index in [9.17, 15) is 0 Å². The molecule has 1 saturated heterocycles. The van der Waals surface area contributed by atoms with Crippen LogP contribution in [-0.4, -0.2) is 64.0 Å². The molecule has 3 aliphatic rings. The molecule has 3 fully saturated rings. The highest BCUT2D eigenvalue weighted by Crippen LogP contribution is 2.62. The van der Waals surface area contributed by atoms with Crippen LogP contribution >= 0.6 is 0 Å². The third-order valence-corrected chi connectivity index (χ3v) is 7.17. The van der Waals surface area contributed by atoms with Crippen molar-refractivity contribution in [2.75, 3.05) is 41.0 Å². The topological polar surface area (TPSA) is 55.3 Å². The third-order valence-electron chi connectivity index (χ3n) is 7.17. The van der Waals surface area contributed by atoms with Crippen molar-refractivity contribution in [1.29, 1.82) is 0 Å². The molecule has 4 rings (SSSR count). The van der Waals surface area contributed by atoms with E-state index in [2.05, 4.69) is 36.3 Å². The van der Waals surface area contributed by atoms with Gasteiger partial charge in [-0.1, -0.05) is 12.5 Å².